The first-order chi connectivity index (χ1) is 7.92. The van der Waals surface area contributed by atoms with Crippen LogP contribution < -0.4 is 4.83 Å². The summed E-state index contributed by atoms with van der Waals surface area (Å²) < 4.78 is 23.5. The molecule has 0 saturated carbocycles. The van der Waals surface area contributed by atoms with E-state index in [4.69, 9.17) is 0 Å². The zero-order valence-corrected chi connectivity index (χ0v) is 11.0. The summed E-state index contributed by atoms with van der Waals surface area (Å²) in [4.78, 5) is 2.35. The summed E-state index contributed by atoms with van der Waals surface area (Å²) in [5.74, 6) is 0. The molecule has 0 atom stereocenters. The van der Waals surface area contributed by atoms with E-state index in [1.54, 1.807) is 30.3 Å². The van der Waals surface area contributed by atoms with Crippen LogP contribution in [0.5, 0.6) is 0 Å². The molecule has 17 heavy (non-hydrogen) atoms. The second-order valence-corrected chi connectivity index (χ2v) is 5.59. The molecule has 0 bridgehead atoms. The van der Waals surface area contributed by atoms with E-state index in [0.717, 1.165) is 11.1 Å². The highest BCUT2D eigenvalue weighted by atomic mass is 32.2. The van der Waals surface area contributed by atoms with E-state index in [1.807, 2.05) is 20.8 Å². The highest BCUT2D eigenvalue weighted by Gasteiger charge is 2.11. The normalized spacial score (nSPS) is 11.5. The van der Waals surface area contributed by atoms with E-state index in [1.165, 1.54) is 6.21 Å². The number of aryl methyl sites for hydroxylation is 1. The lowest BCUT2D eigenvalue weighted by Crippen LogP contribution is -2.18. The first kappa shape index (κ1) is 13.4. The second-order valence-electron chi connectivity index (χ2n) is 3.93. The fourth-order valence-corrected chi connectivity index (χ4v) is 1.86. The van der Waals surface area contributed by atoms with Gasteiger partial charge in [0.2, 0.25) is 0 Å². The van der Waals surface area contributed by atoms with Crippen LogP contribution in [0.15, 0.2) is 45.9 Å². The highest BCUT2D eigenvalue weighted by Crippen LogP contribution is 2.09. The van der Waals surface area contributed by atoms with Gasteiger partial charge in [-0.25, -0.2) is 4.83 Å². The Hall–Kier alpha value is -1.62. The summed E-state index contributed by atoms with van der Waals surface area (Å²) in [6.07, 6.45) is 3.14. The topological polar surface area (TPSA) is 58.5 Å². The maximum absolute atomic E-state index is 11.7. The molecule has 92 valence electrons. The van der Waals surface area contributed by atoms with Crippen LogP contribution in [0, 0.1) is 6.92 Å². The molecule has 0 unspecified atom stereocenters. The number of hydrazone groups is 1. The number of hydrogen-bond donors (Lipinski definition) is 1. The number of allylic oxidation sites excluding steroid dienone is 2. The van der Waals surface area contributed by atoms with Gasteiger partial charge in [0, 0.05) is 6.21 Å². The number of sulfonamides is 1. The first-order valence-electron chi connectivity index (χ1n) is 5.17. The van der Waals surface area contributed by atoms with Gasteiger partial charge in [0.15, 0.2) is 0 Å². The van der Waals surface area contributed by atoms with Crippen molar-refractivity contribution >= 4 is 16.2 Å². The lowest BCUT2D eigenvalue weighted by molar-refractivity contribution is 0.584. The smallest absolute Gasteiger partial charge is 0.200 e. The monoisotopic (exact) mass is 252 g/mol. The number of benzene rings is 1. The first-order valence-corrected chi connectivity index (χ1v) is 6.65. The maximum atomic E-state index is 11.7. The van der Waals surface area contributed by atoms with Crippen LogP contribution >= 0.6 is 0 Å². The summed E-state index contributed by atoms with van der Waals surface area (Å²) in [7, 11) is -3.55. The van der Waals surface area contributed by atoms with Gasteiger partial charge in [-0.05, 0) is 39.0 Å². The van der Waals surface area contributed by atoms with Gasteiger partial charge in [0.1, 0.15) is 0 Å². The van der Waals surface area contributed by atoms with E-state index < -0.39 is 10.0 Å². The summed E-state index contributed by atoms with van der Waals surface area (Å²) >= 11 is 0. The summed E-state index contributed by atoms with van der Waals surface area (Å²) in [6.45, 7) is 5.71. The molecule has 0 aromatic heterocycles. The van der Waals surface area contributed by atoms with E-state index in [2.05, 4.69) is 9.93 Å². The molecule has 0 aliphatic rings. The quantitative estimate of drug-likeness (QED) is 0.660. The van der Waals surface area contributed by atoms with E-state index in [0.29, 0.717) is 0 Å². The SMILES string of the molecule is CC(C)=C/C=N\NS(=O)(=O)c1ccc(C)cc1. The van der Waals surface area contributed by atoms with Crippen molar-refractivity contribution in [1.82, 2.24) is 4.83 Å². The van der Waals surface area contributed by atoms with Gasteiger partial charge < -0.3 is 0 Å². The summed E-state index contributed by atoms with van der Waals surface area (Å²) in [5.41, 5.74) is 2.06. The van der Waals surface area contributed by atoms with Crippen molar-refractivity contribution in [1.29, 1.82) is 0 Å². The Morgan fingerprint density at radius 1 is 1.24 bits per heavy atom. The molecule has 0 aliphatic carbocycles. The van der Waals surface area contributed by atoms with Crippen molar-refractivity contribution in [3.63, 3.8) is 0 Å². The molecule has 1 N–H and O–H groups in total. The standard InChI is InChI=1S/C12H16N2O2S/c1-10(2)8-9-13-14-17(15,16)12-6-4-11(3)5-7-12/h4-9,14H,1-3H3/b13-9-. The van der Waals surface area contributed by atoms with Gasteiger partial charge >= 0.3 is 0 Å². The Morgan fingerprint density at radius 2 is 1.82 bits per heavy atom. The molecular formula is C12H16N2O2S. The average molecular weight is 252 g/mol. The summed E-state index contributed by atoms with van der Waals surface area (Å²) in [6, 6.07) is 6.59. The predicted octanol–water partition coefficient (Wildman–Crippen LogP) is 2.23. The van der Waals surface area contributed by atoms with Gasteiger partial charge in [-0.1, -0.05) is 23.3 Å². The molecule has 0 aliphatic heterocycles. The van der Waals surface area contributed by atoms with E-state index in [-0.39, 0.29) is 4.90 Å². The maximum Gasteiger partial charge on any atom is 0.276 e. The van der Waals surface area contributed by atoms with Crippen molar-refractivity contribution < 1.29 is 8.42 Å². The number of nitrogens with zero attached hydrogens (tertiary/aromatic N) is 1. The van der Waals surface area contributed by atoms with Crippen LogP contribution in [0.25, 0.3) is 0 Å². The zero-order valence-electron chi connectivity index (χ0n) is 10.1. The van der Waals surface area contributed by atoms with Gasteiger partial charge in [-0.15, -0.1) is 0 Å². The van der Waals surface area contributed by atoms with Crippen LogP contribution in [0.4, 0.5) is 0 Å². The molecule has 0 radical (unpaired) electrons. The van der Waals surface area contributed by atoms with Crippen LogP contribution in [0.2, 0.25) is 0 Å². The van der Waals surface area contributed by atoms with Crippen LogP contribution in [0.3, 0.4) is 0 Å². The molecule has 1 aromatic carbocycles. The highest BCUT2D eigenvalue weighted by molar-refractivity contribution is 7.89. The van der Waals surface area contributed by atoms with Gasteiger partial charge in [0.25, 0.3) is 10.0 Å². The third-order valence-corrected chi connectivity index (χ3v) is 3.23. The van der Waals surface area contributed by atoms with Gasteiger partial charge in [-0.2, -0.15) is 13.5 Å². The Balaban J connectivity index is 2.79. The molecule has 0 heterocycles. The second kappa shape index (κ2) is 5.63. The zero-order chi connectivity index (χ0) is 12.9. The lowest BCUT2D eigenvalue weighted by Gasteiger charge is -2.02. The Labute approximate surface area is 102 Å². The van der Waals surface area contributed by atoms with Crippen molar-refractivity contribution in [2.75, 3.05) is 0 Å². The molecule has 0 amide bonds. The third kappa shape index (κ3) is 4.40. The van der Waals surface area contributed by atoms with Crippen molar-refractivity contribution in [2.45, 2.75) is 25.7 Å². The Bertz CT molecular complexity index is 524. The molecule has 1 rings (SSSR count). The Morgan fingerprint density at radius 3 is 2.35 bits per heavy atom. The molecular weight excluding hydrogens is 236 g/mol. The third-order valence-electron chi connectivity index (χ3n) is 1.99. The average Bonchev–Trinajstić information content (AvgIpc) is 2.25. The molecule has 5 heteroatoms. The van der Waals surface area contributed by atoms with Crippen molar-refractivity contribution in [3.8, 4) is 0 Å². The minimum absolute atomic E-state index is 0.206. The van der Waals surface area contributed by atoms with Gasteiger partial charge in [-0.3, -0.25) is 0 Å². The Kier molecular flexibility index (Phi) is 4.45. The lowest BCUT2D eigenvalue weighted by atomic mass is 10.2. The molecule has 4 nitrogen and oxygen atoms in total. The molecule has 1 aromatic rings. The fraction of sp³-hybridized carbons (Fsp3) is 0.250. The van der Waals surface area contributed by atoms with E-state index in [9.17, 15) is 8.42 Å². The number of hydrogen-bond acceptors (Lipinski definition) is 3. The minimum Gasteiger partial charge on any atom is -0.200 e. The summed E-state index contributed by atoms with van der Waals surface area (Å²) in [5, 5.41) is 3.64. The predicted molar refractivity (Wildman–Crippen MR) is 69.4 cm³/mol. The minimum atomic E-state index is -3.55. The van der Waals surface area contributed by atoms with Crippen molar-refractivity contribution in [2.24, 2.45) is 5.10 Å². The number of rotatable bonds is 4. The van der Waals surface area contributed by atoms with Crippen LogP contribution in [0.1, 0.15) is 19.4 Å². The van der Waals surface area contributed by atoms with Crippen LogP contribution in [-0.4, -0.2) is 14.6 Å². The fourth-order valence-electron chi connectivity index (χ4n) is 1.06. The van der Waals surface area contributed by atoms with Crippen molar-refractivity contribution in [3.05, 3.63) is 41.5 Å². The van der Waals surface area contributed by atoms with Crippen LogP contribution in [-0.2, 0) is 10.0 Å². The molecule has 0 fully saturated rings. The number of nitrogens with one attached hydrogen (secondary N) is 1. The molecule has 0 saturated heterocycles. The van der Waals surface area contributed by atoms with E-state index >= 15 is 0 Å². The van der Waals surface area contributed by atoms with Gasteiger partial charge in [0.05, 0.1) is 4.90 Å². The molecule has 0 spiro atoms. The largest absolute Gasteiger partial charge is 0.276 e.